The van der Waals surface area contributed by atoms with Crippen molar-refractivity contribution in [2.24, 2.45) is 0 Å². The minimum Gasteiger partial charge on any atom is -0.482 e. The largest absolute Gasteiger partial charge is 0.482 e. The van der Waals surface area contributed by atoms with Crippen LogP contribution in [0.5, 0.6) is 5.75 Å². The predicted molar refractivity (Wildman–Crippen MR) is 107 cm³/mol. The normalized spacial score (nSPS) is 14.6. The van der Waals surface area contributed by atoms with Crippen molar-refractivity contribution in [2.45, 2.75) is 18.0 Å². The Hall–Kier alpha value is -3.60. The van der Waals surface area contributed by atoms with E-state index in [9.17, 15) is 40.6 Å². The molecule has 1 heterocycles. The lowest BCUT2D eigenvalue weighted by atomic mass is 9.90. The molecule has 11 heteroatoms. The standard InChI is InChI=1S/C23H14F7NO3/c24-17-11-14(21(33,22(25,26)27)23(28,29)30)7-10-16(17)13-5-8-15(9-6-13)31-18-3-1-2-4-19(18)34-12-20(31)32/h1-11,33H,12H2. The molecule has 3 aromatic rings. The second kappa shape index (κ2) is 8.01. The number of nitrogens with zero attached hydrogens (tertiary/aromatic N) is 1. The molecular weight excluding hydrogens is 471 g/mol. The van der Waals surface area contributed by atoms with Crippen molar-refractivity contribution >= 4 is 17.3 Å². The van der Waals surface area contributed by atoms with Crippen molar-refractivity contribution in [1.29, 1.82) is 0 Å². The van der Waals surface area contributed by atoms with Crippen LogP contribution in [-0.4, -0.2) is 30.0 Å². The molecule has 4 rings (SSSR count). The summed E-state index contributed by atoms with van der Waals surface area (Å²) in [5.41, 5.74) is -6.22. The minimum atomic E-state index is -6.12. The summed E-state index contributed by atoms with van der Waals surface area (Å²) in [5.74, 6) is -1.31. The van der Waals surface area contributed by atoms with Crippen molar-refractivity contribution in [3.8, 4) is 16.9 Å². The Bertz CT molecular complexity index is 1220. The maximum absolute atomic E-state index is 14.6. The molecule has 0 unspecified atom stereocenters. The van der Waals surface area contributed by atoms with Crippen molar-refractivity contribution in [1.82, 2.24) is 0 Å². The number of carbonyl (C=O) groups is 1. The molecule has 1 amide bonds. The maximum atomic E-state index is 14.6. The number of rotatable bonds is 3. The minimum absolute atomic E-state index is 0.00592. The molecule has 3 aromatic carbocycles. The molecule has 0 bridgehead atoms. The number of anilines is 2. The van der Waals surface area contributed by atoms with Crippen LogP contribution in [0.15, 0.2) is 66.7 Å². The van der Waals surface area contributed by atoms with Gasteiger partial charge in [-0.2, -0.15) is 26.3 Å². The second-order valence-corrected chi connectivity index (χ2v) is 7.43. The zero-order valence-corrected chi connectivity index (χ0v) is 16.9. The summed E-state index contributed by atoms with van der Waals surface area (Å²) in [6.07, 6.45) is -12.2. The van der Waals surface area contributed by atoms with Gasteiger partial charge in [0.25, 0.3) is 11.5 Å². The number of para-hydroxylation sites is 2. The van der Waals surface area contributed by atoms with Crippen LogP contribution in [-0.2, 0) is 10.4 Å². The van der Waals surface area contributed by atoms with Gasteiger partial charge in [0, 0.05) is 16.8 Å². The van der Waals surface area contributed by atoms with Gasteiger partial charge in [-0.1, -0.05) is 36.4 Å². The lowest BCUT2D eigenvalue weighted by molar-refractivity contribution is -0.376. The molecule has 34 heavy (non-hydrogen) atoms. The number of aliphatic hydroxyl groups is 1. The molecule has 1 aliphatic heterocycles. The van der Waals surface area contributed by atoms with Crippen molar-refractivity contribution in [2.75, 3.05) is 11.5 Å². The van der Waals surface area contributed by atoms with Gasteiger partial charge in [-0.15, -0.1) is 0 Å². The number of amides is 1. The van der Waals surface area contributed by atoms with Gasteiger partial charge in [-0.05, 0) is 35.9 Å². The number of carbonyl (C=O) groups excluding carboxylic acids is 1. The number of hydrogen-bond acceptors (Lipinski definition) is 3. The smallest absolute Gasteiger partial charge is 0.430 e. The van der Waals surface area contributed by atoms with E-state index in [1.165, 1.54) is 29.2 Å². The molecule has 1 N–H and O–H groups in total. The zero-order chi connectivity index (χ0) is 24.9. The Morgan fingerprint density at radius 3 is 2.06 bits per heavy atom. The first-order chi connectivity index (χ1) is 15.8. The fourth-order valence-corrected chi connectivity index (χ4v) is 3.64. The first kappa shape index (κ1) is 23.6. The van der Waals surface area contributed by atoms with Crippen LogP contribution in [0.25, 0.3) is 11.1 Å². The van der Waals surface area contributed by atoms with Crippen LogP contribution in [0.2, 0.25) is 0 Å². The lowest BCUT2D eigenvalue weighted by Crippen LogP contribution is -2.53. The zero-order valence-electron chi connectivity index (χ0n) is 16.9. The van der Waals surface area contributed by atoms with Crippen molar-refractivity contribution < 1.29 is 45.4 Å². The van der Waals surface area contributed by atoms with Gasteiger partial charge in [0.2, 0.25) is 0 Å². The molecule has 1 aliphatic rings. The number of fused-ring (bicyclic) bond motifs is 1. The third-order valence-corrected chi connectivity index (χ3v) is 5.35. The Morgan fingerprint density at radius 1 is 0.853 bits per heavy atom. The summed E-state index contributed by atoms with van der Waals surface area (Å²) >= 11 is 0. The highest BCUT2D eigenvalue weighted by Gasteiger charge is 2.71. The number of hydrogen-bond donors (Lipinski definition) is 1. The molecule has 0 aliphatic carbocycles. The molecule has 178 valence electrons. The van der Waals surface area contributed by atoms with E-state index in [0.29, 0.717) is 23.2 Å². The third kappa shape index (κ3) is 3.75. The van der Waals surface area contributed by atoms with E-state index >= 15 is 0 Å². The Morgan fingerprint density at radius 2 is 1.47 bits per heavy atom. The molecule has 4 nitrogen and oxygen atoms in total. The molecule has 0 aromatic heterocycles. The lowest BCUT2D eigenvalue weighted by Gasteiger charge is -2.32. The van der Waals surface area contributed by atoms with Crippen LogP contribution in [0.1, 0.15) is 5.56 Å². The van der Waals surface area contributed by atoms with Crippen LogP contribution in [0, 0.1) is 5.82 Å². The van der Waals surface area contributed by atoms with Crippen LogP contribution in [0.4, 0.5) is 42.1 Å². The van der Waals surface area contributed by atoms with Crippen molar-refractivity contribution in [3.63, 3.8) is 0 Å². The summed E-state index contributed by atoms with van der Waals surface area (Å²) in [5, 5.41) is 9.46. The molecular formula is C23H14F7NO3. The summed E-state index contributed by atoms with van der Waals surface area (Å²) in [6, 6.07) is 13.5. The molecule has 0 saturated carbocycles. The predicted octanol–water partition coefficient (Wildman–Crippen LogP) is 5.86. The molecule has 0 atom stereocenters. The van der Waals surface area contributed by atoms with Crippen molar-refractivity contribution in [3.05, 3.63) is 78.1 Å². The summed E-state index contributed by atoms with van der Waals surface area (Å²) in [6.45, 7) is -0.212. The highest BCUT2D eigenvalue weighted by molar-refractivity contribution is 6.04. The van der Waals surface area contributed by atoms with Crippen LogP contribution < -0.4 is 9.64 Å². The Kier molecular flexibility index (Phi) is 5.55. The van der Waals surface area contributed by atoms with E-state index in [-0.39, 0.29) is 29.7 Å². The van der Waals surface area contributed by atoms with E-state index in [4.69, 9.17) is 4.74 Å². The van der Waals surface area contributed by atoms with E-state index < -0.39 is 29.3 Å². The second-order valence-electron chi connectivity index (χ2n) is 7.43. The number of halogens is 7. The van der Waals surface area contributed by atoms with E-state index in [1.54, 1.807) is 24.3 Å². The summed E-state index contributed by atoms with van der Waals surface area (Å²) < 4.78 is 98.4. The first-order valence-electron chi connectivity index (χ1n) is 9.65. The third-order valence-electron chi connectivity index (χ3n) is 5.35. The van der Waals surface area contributed by atoms with Gasteiger partial charge in [-0.25, -0.2) is 4.39 Å². The quantitative estimate of drug-likeness (QED) is 0.473. The Balaban J connectivity index is 1.69. The SMILES string of the molecule is O=C1COc2ccccc2N1c1ccc(-c2ccc(C(O)(C(F)(F)F)C(F)(F)F)cc2F)cc1. The highest BCUT2D eigenvalue weighted by atomic mass is 19.4. The molecule has 0 fully saturated rings. The first-order valence-corrected chi connectivity index (χ1v) is 9.65. The fraction of sp³-hybridized carbons (Fsp3) is 0.174. The monoisotopic (exact) mass is 485 g/mol. The van der Waals surface area contributed by atoms with E-state index in [1.807, 2.05) is 0 Å². The van der Waals surface area contributed by atoms with E-state index in [0.717, 1.165) is 6.07 Å². The van der Waals surface area contributed by atoms with Gasteiger partial charge in [-0.3, -0.25) is 9.69 Å². The average Bonchev–Trinajstić information content (AvgIpc) is 2.77. The van der Waals surface area contributed by atoms with Gasteiger partial charge < -0.3 is 9.84 Å². The number of alkyl halides is 6. The van der Waals surface area contributed by atoms with Gasteiger partial charge >= 0.3 is 12.4 Å². The van der Waals surface area contributed by atoms with Gasteiger partial charge in [0.15, 0.2) is 6.61 Å². The average molecular weight is 485 g/mol. The molecule has 0 radical (unpaired) electrons. The van der Waals surface area contributed by atoms with Crippen LogP contribution >= 0.6 is 0 Å². The topological polar surface area (TPSA) is 49.8 Å². The Labute approximate surface area is 187 Å². The molecule has 0 spiro atoms. The fourth-order valence-electron chi connectivity index (χ4n) is 3.64. The summed E-state index contributed by atoms with van der Waals surface area (Å²) in [4.78, 5) is 13.8. The number of ether oxygens (including phenoxy) is 1. The summed E-state index contributed by atoms with van der Waals surface area (Å²) in [7, 11) is 0. The van der Waals surface area contributed by atoms with Crippen LogP contribution in [0.3, 0.4) is 0 Å². The van der Waals surface area contributed by atoms with Gasteiger partial charge in [0.1, 0.15) is 11.6 Å². The molecule has 0 saturated heterocycles. The number of benzene rings is 3. The van der Waals surface area contributed by atoms with E-state index in [2.05, 4.69) is 0 Å². The highest BCUT2D eigenvalue weighted by Crippen LogP contribution is 2.50. The maximum Gasteiger partial charge on any atom is 0.430 e. The van der Waals surface area contributed by atoms with Gasteiger partial charge in [0.05, 0.1) is 5.69 Å².